The highest BCUT2D eigenvalue weighted by Crippen LogP contribution is 2.26. The zero-order valence-electron chi connectivity index (χ0n) is 15.4. The van der Waals surface area contributed by atoms with Gasteiger partial charge in [-0.3, -0.25) is 4.90 Å². The predicted molar refractivity (Wildman–Crippen MR) is 112 cm³/mol. The fraction of sp³-hybridized carbons (Fsp3) is 0.316. The normalized spacial score (nSPS) is 17.8. The topological polar surface area (TPSA) is 89.3 Å². The van der Waals surface area contributed by atoms with Crippen molar-refractivity contribution in [3.8, 4) is 0 Å². The van der Waals surface area contributed by atoms with Gasteiger partial charge in [0.05, 0.1) is 15.9 Å². The van der Waals surface area contributed by atoms with Crippen LogP contribution in [-0.4, -0.2) is 53.8 Å². The number of sulfonamides is 1. The molecule has 148 valence electrons. The van der Waals surface area contributed by atoms with Crippen LogP contribution in [0.15, 0.2) is 56.6 Å². The van der Waals surface area contributed by atoms with Gasteiger partial charge < -0.3 is 9.97 Å². The summed E-state index contributed by atoms with van der Waals surface area (Å²) in [5.74, 6) is 0. The van der Waals surface area contributed by atoms with Gasteiger partial charge in [0.1, 0.15) is 0 Å². The van der Waals surface area contributed by atoms with Gasteiger partial charge in [0.15, 0.2) is 0 Å². The van der Waals surface area contributed by atoms with E-state index in [0.29, 0.717) is 37.2 Å². The zero-order chi connectivity index (χ0) is 19.9. The van der Waals surface area contributed by atoms with Gasteiger partial charge in [-0.2, -0.15) is 4.31 Å². The molecular weight excluding hydrogens is 444 g/mol. The molecule has 1 fully saturated rings. The molecule has 1 aliphatic rings. The van der Waals surface area contributed by atoms with Crippen LogP contribution in [-0.2, 0) is 10.0 Å². The molecule has 2 N–H and O–H groups in total. The number of aromatic nitrogens is 2. The Morgan fingerprint density at radius 3 is 2.29 bits per heavy atom. The summed E-state index contributed by atoms with van der Waals surface area (Å²) < 4.78 is 28.6. The molecular formula is C19H21BrN4O3S. The minimum absolute atomic E-state index is 0.199. The van der Waals surface area contributed by atoms with Gasteiger partial charge in [-0.05, 0) is 42.8 Å². The maximum absolute atomic E-state index is 13.0. The Bertz CT molecular complexity index is 1150. The van der Waals surface area contributed by atoms with Crippen molar-refractivity contribution < 1.29 is 8.42 Å². The molecule has 0 saturated carbocycles. The quantitative estimate of drug-likeness (QED) is 0.620. The molecule has 1 atom stereocenters. The standard InChI is InChI=1S/C19H21BrN4O3S/c1-13(14-2-4-15(20)5-3-14)23-8-10-24(11-9-23)28(26,27)16-6-7-17-18(12-16)22-19(25)21-17/h2-7,12-13H,8-11H2,1H3,(H2,21,22,25). The second kappa shape index (κ2) is 7.47. The second-order valence-corrected chi connectivity index (χ2v) is 9.81. The maximum atomic E-state index is 13.0. The third kappa shape index (κ3) is 3.67. The molecule has 1 saturated heterocycles. The number of rotatable bonds is 4. The first-order valence-corrected chi connectivity index (χ1v) is 11.3. The summed E-state index contributed by atoms with van der Waals surface area (Å²) in [5.41, 5.74) is 1.95. The van der Waals surface area contributed by atoms with Gasteiger partial charge in [0.25, 0.3) is 0 Å². The molecule has 0 radical (unpaired) electrons. The molecule has 0 spiro atoms. The molecule has 9 heteroatoms. The first kappa shape index (κ1) is 19.4. The smallest absolute Gasteiger partial charge is 0.306 e. The highest BCUT2D eigenvalue weighted by Gasteiger charge is 2.30. The number of nitrogens with one attached hydrogen (secondary N) is 2. The van der Waals surface area contributed by atoms with E-state index in [0.717, 1.165) is 4.47 Å². The van der Waals surface area contributed by atoms with Crippen LogP contribution < -0.4 is 5.69 Å². The minimum atomic E-state index is -3.60. The summed E-state index contributed by atoms with van der Waals surface area (Å²) in [5, 5.41) is 0. The molecule has 0 bridgehead atoms. The Hall–Kier alpha value is -1.94. The summed E-state index contributed by atoms with van der Waals surface area (Å²) >= 11 is 3.45. The minimum Gasteiger partial charge on any atom is -0.306 e. The van der Waals surface area contributed by atoms with E-state index in [1.165, 1.54) is 22.0 Å². The molecule has 28 heavy (non-hydrogen) atoms. The molecule has 0 amide bonds. The van der Waals surface area contributed by atoms with Gasteiger partial charge in [-0.25, -0.2) is 13.2 Å². The third-order valence-corrected chi connectivity index (χ3v) is 7.72. The van der Waals surface area contributed by atoms with Crippen molar-refractivity contribution >= 4 is 37.0 Å². The van der Waals surface area contributed by atoms with Crippen LogP contribution in [0.25, 0.3) is 11.0 Å². The predicted octanol–water partition coefficient (Wildman–Crippen LogP) is 2.69. The number of hydrogen-bond donors (Lipinski definition) is 2. The average molecular weight is 465 g/mol. The van der Waals surface area contributed by atoms with Crippen LogP contribution in [0.2, 0.25) is 0 Å². The largest absolute Gasteiger partial charge is 0.323 e. The molecule has 4 rings (SSSR count). The van der Waals surface area contributed by atoms with E-state index in [1.807, 2.05) is 12.1 Å². The van der Waals surface area contributed by atoms with Gasteiger partial charge in [-0.15, -0.1) is 0 Å². The van der Waals surface area contributed by atoms with E-state index >= 15 is 0 Å². The molecule has 7 nitrogen and oxygen atoms in total. The summed E-state index contributed by atoms with van der Waals surface area (Å²) in [6.45, 7) is 4.35. The monoisotopic (exact) mass is 464 g/mol. The third-order valence-electron chi connectivity index (χ3n) is 5.30. The molecule has 3 aromatic rings. The van der Waals surface area contributed by atoms with Crippen molar-refractivity contribution in [3.63, 3.8) is 0 Å². The summed E-state index contributed by atoms with van der Waals surface area (Å²) in [4.78, 5) is 19.1. The van der Waals surface area contributed by atoms with Crippen LogP contribution in [0.5, 0.6) is 0 Å². The molecule has 1 aliphatic heterocycles. The average Bonchev–Trinajstić information content (AvgIpc) is 3.07. The summed E-state index contributed by atoms with van der Waals surface area (Å²) in [6, 6.07) is 13.1. The van der Waals surface area contributed by atoms with Crippen molar-refractivity contribution in [1.29, 1.82) is 0 Å². The first-order valence-electron chi connectivity index (χ1n) is 9.06. The van der Waals surface area contributed by atoms with Crippen molar-refractivity contribution in [2.75, 3.05) is 26.2 Å². The van der Waals surface area contributed by atoms with E-state index in [4.69, 9.17) is 0 Å². The zero-order valence-corrected chi connectivity index (χ0v) is 17.8. The lowest BCUT2D eigenvalue weighted by atomic mass is 10.1. The van der Waals surface area contributed by atoms with Crippen molar-refractivity contribution in [2.24, 2.45) is 0 Å². The summed E-state index contributed by atoms with van der Waals surface area (Å²) in [6.07, 6.45) is 0. The lowest BCUT2D eigenvalue weighted by Gasteiger charge is -2.37. The number of aromatic amines is 2. The van der Waals surface area contributed by atoms with Gasteiger partial charge in [0.2, 0.25) is 10.0 Å². The van der Waals surface area contributed by atoms with Crippen LogP contribution in [0.1, 0.15) is 18.5 Å². The molecule has 2 aromatic carbocycles. The SMILES string of the molecule is CC(c1ccc(Br)cc1)N1CCN(S(=O)(=O)c2ccc3[nH]c(=O)[nH]c3c2)CC1. The lowest BCUT2D eigenvalue weighted by Crippen LogP contribution is -2.49. The van der Waals surface area contributed by atoms with Gasteiger partial charge in [-0.1, -0.05) is 28.1 Å². The second-order valence-electron chi connectivity index (χ2n) is 6.95. The number of imidazole rings is 1. The highest BCUT2D eigenvalue weighted by molar-refractivity contribution is 9.10. The number of halogens is 1. The number of hydrogen-bond acceptors (Lipinski definition) is 4. The molecule has 0 aliphatic carbocycles. The summed E-state index contributed by atoms with van der Waals surface area (Å²) in [7, 11) is -3.60. The van der Waals surface area contributed by atoms with Crippen molar-refractivity contribution in [1.82, 2.24) is 19.2 Å². The Balaban J connectivity index is 1.48. The van der Waals surface area contributed by atoms with Crippen molar-refractivity contribution in [2.45, 2.75) is 17.9 Å². The van der Waals surface area contributed by atoms with Crippen LogP contribution >= 0.6 is 15.9 Å². The number of H-pyrrole nitrogens is 2. The van der Waals surface area contributed by atoms with E-state index in [-0.39, 0.29) is 16.6 Å². The van der Waals surface area contributed by atoms with E-state index < -0.39 is 10.0 Å². The van der Waals surface area contributed by atoms with Crippen LogP contribution in [0, 0.1) is 0 Å². The fourth-order valence-corrected chi connectivity index (χ4v) is 5.32. The van der Waals surface area contributed by atoms with Gasteiger partial charge in [0, 0.05) is 36.7 Å². The van der Waals surface area contributed by atoms with E-state index in [1.54, 1.807) is 6.07 Å². The van der Waals surface area contributed by atoms with Gasteiger partial charge >= 0.3 is 5.69 Å². The highest BCUT2D eigenvalue weighted by atomic mass is 79.9. The number of piperazine rings is 1. The Morgan fingerprint density at radius 1 is 0.964 bits per heavy atom. The van der Waals surface area contributed by atoms with E-state index in [9.17, 15) is 13.2 Å². The Labute approximate surface area is 171 Å². The molecule has 2 heterocycles. The Morgan fingerprint density at radius 2 is 1.61 bits per heavy atom. The Kier molecular flexibility index (Phi) is 5.17. The van der Waals surface area contributed by atoms with E-state index in [2.05, 4.69) is 49.9 Å². The first-order chi connectivity index (χ1) is 13.3. The maximum Gasteiger partial charge on any atom is 0.323 e. The lowest BCUT2D eigenvalue weighted by molar-refractivity contribution is 0.146. The number of nitrogens with zero attached hydrogens (tertiary/aromatic N) is 2. The number of fused-ring (bicyclic) bond motifs is 1. The number of benzene rings is 2. The van der Waals surface area contributed by atoms with Crippen LogP contribution in [0.4, 0.5) is 0 Å². The molecule has 1 unspecified atom stereocenters. The van der Waals surface area contributed by atoms with Crippen molar-refractivity contribution in [3.05, 3.63) is 63.0 Å². The van der Waals surface area contributed by atoms with Crippen LogP contribution in [0.3, 0.4) is 0 Å². The fourth-order valence-electron chi connectivity index (χ4n) is 3.60. The molecule has 1 aromatic heterocycles.